The van der Waals surface area contributed by atoms with Gasteiger partial charge in [0.15, 0.2) is 0 Å². The maximum atomic E-state index is 14.3. The smallest absolute Gasteiger partial charge is 0.412 e. The van der Waals surface area contributed by atoms with Gasteiger partial charge in [0.05, 0.1) is 29.9 Å². The minimum atomic E-state index is -3.97. The average molecular weight is 751 g/mol. The Bertz CT molecular complexity index is 1750. The van der Waals surface area contributed by atoms with E-state index in [4.69, 9.17) is 14.2 Å². The number of ether oxygens (including phenoxy) is 3. The van der Waals surface area contributed by atoms with Crippen LogP contribution in [0.3, 0.4) is 0 Å². The number of nitrogens with zero attached hydrogens (tertiary/aromatic N) is 2. The number of hydrogen-bond acceptors (Lipinski definition) is 12. The Balaban J connectivity index is 1.61. The second-order valence-electron chi connectivity index (χ2n) is 15.2. The van der Waals surface area contributed by atoms with E-state index in [0.717, 1.165) is 11.0 Å². The molecule has 1 aromatic rings. The molecule has 0 bridgehead atoms. The zero-order valence-corrected chi connectivity index (χ0v) is 31.0. The van der Waals surface area contributed by atoms with Crippen molar-refractivity contribution in [3.63, 3.8) is 0 Å². The van der Waals surface area contributed by atoms with Crippen LogP contribution in [0, 0.1) is 21.4 Å². The molecule has 1 aromatic carbocycles. The molecule has 0 aromatic heterocycles. The number of methoxy groups -OCH3 is 1. The second-order valence-corrected chi connectivity index (χ2v) is 17.1. The van der Waals surface area contributed by atoms with E-state index in [-0.39, 0.29) is 30.8 Å². The molecule has 0 spiro atoms. The summed E-state index contributed by atoms with van der Waals surface area (Å²) in [6, 6.07) is 1.11. The number of anilines is 1. The molecule has 1 saturated heterocycles. The highest BCUT2D eigenvalue weighted by Gasteiger charge is 2.62. The zero-order chi connectivity index (χ0) is 39.0. The van der Waals surface area contributed by atoms with Gasteiger partial charge >= 0.3 is 12.2 Å². The fourth-order valence-electron chi connectivity index (χ4n) is 5.82. The average Bonchev–Trinajstić information content (AvgIpc) is 3.95. The van der Waals surface area contributed by atoms with Crippen molar-refractivity contribution in [3.8, 4) is 5.75 Å². The van der Waals surface area contributed by atoms with Crippen molar-refractivity contribution in [1.29, 1.82) is 0 Å². The summed E-state index contributed by atoms with van der Waals surface area (Å²) in [5, 5.41) is 18.5. The molecular formula is C33H46N6O12S. The predicted molar refractivity (Wildman–Crippen MR) is 186 cm³/mol. The van der Waals surface area contributed by atoms with Gasteiger partial charge in [-0.05, 0) is 57.6 Å². The van der Waals surface area contributed by atoms with Crippen LogP contribution in [0.1, 0.15) is 67.2 Å². The molecule has 2 aliphatic carbocycles. The zero-order valence-electron chi connectivity index (χ0n) is 30.1. The van der Waals surface area contributed by atoms with Crippen molar-refractivity contribution in [2.24, 2.45) is 11.3 Å². The van der Waals surface area contributed by atoms with Gasteiger partial charge in [0, 0.05) is 12.3 Å². The highest BCUT2D eigenvalue weighted by atomic mass is 32.2. The lowest BCUT2D eigenvalue weighted by atomic mass is 9.85. The first-order chi connectivity index (χ1) is 24.0. The minimum absolute atomic E-state index is 0.0444. The molecule has 4 N–H and O–H groups in total. The summed E-state index contributed by atoms with van der Waals surface area (Å²) in [4.78, 5) is 79.6. The summed E-state index contributed by atoms with van der Waals surface area (Å²) >= 11 is 0. The fourth-order valence-corrected chi connectivity index (χ4v) is 7.18. The van der Waals surface area contributed by atoms with Crippen LogP contribution in [0.4, 0.5) is 21.0 Å². The Hall–Kier alpha value is -4.94. The molecular weight excluding hydrogens is 704 g/mol. The first-order valence-corrected chi connectivity index (χ1v) is 18.2. The van der Waals surface area contributed by atoms with Gasteiger partial charge in [0.2, 0.25) is 21.8 Å². The van der Waals surface area contributed by atoms with Crippen LogP contribution in [0.25, 0.3) is 0 Å². The molecule has 4 rings (SSSR count). The van der Waals surface area contributed by atoms with Crippen LogP contribution in [-0.2, 0) is 33.9 Å². The summed E-state index contributed by atoms with van der Waals surface area (Å²) in [5.74, 6) is -2.98. The van der Waals surface area contributed by atoms with Crippen LogP contribution < -0.4 is 25.4 Å². The number of carbonyl (C=O) groups is 5. The van der Waals surface area contributed by atoms with E-state index in [0.29, 0.717) is 12.8 Å². The van der Waals surface area contributed by atoms with Gasteiger partial charge in [-0.15, -0.1) is 6.58 Å². The van der Waals surface area contributed by atoms with Crippen molar-refractivity contribution >= 4 is 51.3 Å². The van der Waals surface area contributed by atoms with E-state index in [1.54, 1.807) is 41.5 Å². The Labute approximate surface area is 301 Å². The quantitative estimate of drug-likeness (QED) is 0.137. The molecule has 5 atom stereocenters. The maximum absolute atomic E-state index is 14.3. The van der Waals surface area contributed by atoms with Gasteiger partial charge in [-0.1, -0.05) is 26.8 Å². The molecule has 3 aliphatic rings. The molecule has 3 fully saturated rings. The number of benzene rings is 1. The first-order valence-electron chi connectivity index (χ1n) is 16.6. The lowest BCUT2D eigenvalue weighted by Gasteiger charge is -2.36. The third kappa shape index (κ3) is 9.29. The molecule has 286 valence electrons. The molecule has 2 saturated carbocycles. The molecule has 1 heterocycles. The predicted octanol–water partition coefficient (Wildman–Crippen LogP) is 2.73. The van der Waals surface area contributed by atoms with Crippen molar-refractivity contribution in [2.75, 3.05) is 19.0 Å². The lowest BCUT2D eigenvalue weighted by Crippen LogP contribution is -2.60. The molecule has 2 unspecified atom stereocenters. The molecule has 19 heteroatoms. The first kappa shape index (κ1) is 39.8. The number of rotatable bonds is 12. The second kappa shape index (κ2) is 14.6. The van der Waals surface area contributed by atoms with Gasteiger partial charge in [0.1, 0.15) is 40.8 Å². The molecule has 1 aliphatic heterocycles. The van der Waals surface area contributed by atoms with E-state index in [9.17, 15) is 42.5 Å². The van der Waals surface area contributed by atoms with E-state index in [1.165, 1.54) is 25.3 Å². The third-order valence-corrected chi connectivity index (χ3v) is 10.6. The normalized spacial score (nSPS) is 23.4. The lowest BCUT2D eigenvalue weighted by molar-refractivity contribution is -0.384. The SMILES string of the molecule is C=CC1CC1(NC(=O)[C@@H]1C[C@@H](OC(=O)Nc2ccc(OC)cc2[N+](=O)[O-])CN1C(=O)[C@@H](NC(=O)OC(C)(C)C)C(C)(C)C)C(=O)NS(=O)(=O)C1CC1. The highest BCUT2D eigenvalue weighted by Crippen LogP contribution is 2.45. The van der Waals surface area contributed by atoms with Crippen LogP contribution in [0.2, 0.25) is 0 Å². The van der Waals surface area contributed by atoms with Crippen LogP contribution in [0.15, 0.2) is 30.9 Å². The number of carbonyl (C=O) groups excluding carboxylic acids is 5. The van der Waals surface area contributed by atoms with Gasteiger partial charge in [-0.25, -0.2) is 18.0 Å². The van der Waals surface area contributed by atoms with Crippen LogP contribution in [0.5, 0.6) is 5.75 Å². The maximum Gasteiger partial charge on any atom is 0.412 e. The molecule has 0 radical (unpaired) electrons. The van der Waals surface area contributed by atoms with Gasteiger partial charge in [-0.3, -0.25) is 34.5 Å². The summed E-state index contributed by atoms with van der Waals surface area (Å²) in [6.45, 7) is 13.3. The molecule has 5 amide bonds. The van der Waals surface area contributed by atoms with Gasteiger partial charge in [-0.2, -0.15) is 0 Å². The number of likely N-dealkylation sites (tertiary alicyclic amines) is 1. The van der Waals surface area contributed by atoms with E-state index in [2.05, 4.69) is 27.3 Å². The summed E-state index contributed by atoms with van der Waals surface area (Å²) < 4.78 is 43.2. The number of sulfonamides is 1. The van der Waals surface area contributed by atoms with Crippen LogP contribution in [-0.4, -0.2) is 96.4 Å². The van der Waals surface area contributed by atoms with Crippen molar-refractivity contribution in [2.45, 2.75) is 102 Å². The number of nitro groups is 1. The van der Waals surface area contributed by atoms with Crippen molar-refractivity contribution in [3.05, 3.63) is 41.0 Å². The Kier molecular flexibility index (Phi) is 11.2. The molecule has 18 nitrogen and oxygen atoms in total. The van der Waals surface area contributed by atoms with E-state index in [1.807, 2.05) is 0 Å². The number of hydrogen-bond donors (Lipinski definition) is 4. The van der Waals surface area contributed by atoms with Crippen LogP contribution >= 0.6 is 0 Å². The summed E-state index contributed by atoms with van der Waals surface area (Å²) in [7, 11) is -2.65. The number of nitrogens with one attached hydrogen (secondary N) is 4. The fraction of sp³-hybridized carbons (Fsp3) is 0.606. The van der Waals surface area contributed by atoms with Gasteiger partial charge < -0.3 is 29.7 Å². The Morgan fingerprint density at radius 1 is 1.10 bits per heavy atom. The van der Waals surface area contributed by atoms with Crippen molar-refractivity contribution in [1.82, 2.24) is 20.3 Å². The highest BCUT2D eigenvalue weighted by molar-refractivity contribution is 7.91. The standard InChI is InChI=1S/C33H46N6O12S/c1-9-18-16-33(18,28(42)37-52(47,48)21-11-12-21)36-26(40)24-15-20(50-29(43)34-22-13-10-19(49-8)14-23(22)39(45)46)17-38(24)27(41)25(31(2,3)4)35-30(44)51-32(5,6)7/h9-10,13-14,18,20-21,24-25H,1,11-12,15-17H2,2-8H3,(H,34,43)(H,35,44)(H,36,40)(H,37,42)/t18?,20-,24+,25-,33?/m1/s1. The largest absolute Gasteiger partial charge is 0.496 e. The van der Waals surface area contributed by atoms with Gasteiger partial charge in [0.25, 0.3) is 11.6 Å². The summed E-state index contributed by atoms with van der Waals surface area (Å²) in [5.41, 5.74) is -4.18. The number of nitro benzene ring substituents is 1. The van der Waals surface area contributed by atoms with Crippen molar-refractivity contribution < 1.29 is 51.5 Å². The molecule has 52 heavy (non-hydrogen) atoms. The number of alkyl carbamates (subject to hydrolysis) is 1. The minimum Gasteiger partial charge on any atom is -0.496 e. The topological polar surface area (TPSA) is 242 Å². The van der Waals surface area contributed by atoms with E-state index >= 15 is 0 Å². The third-order valence-electron chi connectivity index (χ3n) is 8.78. The van der Waals surface area contributed by atoms with E-state index < -0.39 is 96.5 Å². The Morgan fingerprint density at radius 2 is 1.75 bits per heavy atom. The summed E-state index contributed by atoms with van der Waals surface area (Å²) in [6.07, 6.45) is -1.18. The monoisotopic (exact) mass is 750 g/mol. The Morgan fingerprint density at radius 3 is 2.27 bits per heavy atom. The number of amides is 5.